The standard InChI is InChI=1S/C15H11/c1-4-8-13-11-7-12-14(9-5-2)15(13)10-6-3/h7,11H,1-3H3. The van der Waals surface area contributed by atoms with Gasteiger partial charge in [0.05, 0.1) is 5.56 Å². The smallest absolute Gasteiger partial charge is 0.0564 e. The highest BCUT2D eigenvalue weighted by Gasteiger charge is 2.01. The summed E-state index contributed by atoms with van der Waals surface area (Å²) in [6, 6.07) is 6.82. The molecule has 0 bridgehead atoms. The van der Waals surface area contributed by atoms with Crippen molar-refractivity contribution in [2.75, 3.05) is 0 Å². The SMILES string of the molecule is CC#Cc1[c]ccc(C#CC)c1C#CC. The molecule has 0 fully saturated rings. The molecule has 0 saturated heterocycles. The van der Waals surface area contributed by atoms with Gasteiger partial charge in [-0.2, -0.15) is 0 Å². The van der Waals surface area contributed by atoms with E-state index in [0.717, 1.165) is 16.7 Å². The lowest BCUT2D eigenvalue weighted by Crippen LogP contribution is -1.89. The van der Waals surface area contributed by atoms with Crippen LogP contribution < -0.4 is 0 Å². The van der Waals surface area contributed by atoms with Gasteiger partial charge in [-0.25, -0.2) is 0 Å². The van der Waals surface area contributed by atoms with Gasteiger partial charge in [-0.15, -0.1) is 17.8 Å². The van der Waals surface area contributed by atoms with Crippen molar-refractivity contribution in [3.8, 4) is 35.5 Å². The zero-order chi connectivity index (χ0) is 11.1. The molecule has 0 aliphatic rings. The summed E-state index contributed by atoms with van der Waals surface area (Å²) in [7, 11) is 0. The summed E-state index contributed by atoms with van der Waals surface area (Å²) >= 11 is 0. The first-order chi connectivity index (χ1) is 7.33. The van der Waals surface area contributed by atoms with E-state index in [2.05, 4.69) is 41.6 Å². The van der Waals surface area contributed by atoms with Crippen LogP contribution in [0.2, 0.25) is 0 Å². The third-order valence-corrected chi connectivity index (χ3v) is 1.76. The van der Waals surface area contributed by atoms with Gasteiger partial charge in [0.15, 0.2) is 0 Å². The van der Waals surface area contributed by atoms with Crippen molar-refractivity contribution in [1.82, 2.24) is 0 Å². The van der Waals surface area contributed by atoms with Crippen LogP contribution in [-0.2, 0) is 0 Å². The second kappa shape index (κ2) is 5.59. The molecular weight excluding hydrogens is 180 g/mol. The van der Waals surface area contributed by atoms with Crippen LogP contribution in [-0.4, -0.2) is 0 Å². The highest BCUT2D eigenvalue weighted by Crippen LogP contribution is 2.11. The highest BCUT2D eigenvalue weighted by atomic mass is 14.0. The third kappa shape index (κ3) is 2.67. The number of rotatable bonds is 0. The van der Waals surface area contributed by atoms with Crippen molar-refractivity contribution in [3.63, 3.8) is 0 Å². The number of hydrogen-bond acceptors (Lipinski definition) is 0. The van der Waals surface area contributed by atoms with Gasteiger partial charge in [0.25, 0.3) is 0 Å². The first-order valence-corrected chi connectivity index (χ1v) is 4.66. The molecule has 0 N–H and O–H groups in total. The van der Waals surface area contributed by atoms with Gasteiger partial charge in [-0.3, -0.25) is 0 Å². The average molecular weight is 191 g/mol. The molecule has 0 spiro atoms. The van der Waals surface area contributed by atoms with E-state index in [0.29, 0.717) is 0 Å². The molecule has 0 saturated carbocycles. The van der Waals surface area contributed by atoms with Crippen LogP contribution in [0.5, 0.6) is 0 Å². The summed E-state index contributed by atoms with van der Waals surface area (Å²) in [4.78, 5) is 0. The summed E-state index contributed by atoms with van der Waals surface area (Å²) < 4.78 is 0. The van der Waals surface area contributed by atoms with Crippen LogP contribution in [0.4, 0.5) is 0 Å². The lowest BCUT2D eigenvalue weighted by molar-refractivity contribution is 1.52. The minimum atomic E-state index is 0.826. The predicted octanol–water partition coefficient (Wildman–Crippen LogP) is 2.60. The maximum absolute atomic E-state index is 3.08. The minimum Gasteiger partial charge on any atom is -0.101 e. The largest absolute Gasteiger partial charge is 0.101 e. The maximum Gasteiger partial charge on any atom is 0.0564 e. The molecule has 0 atom stereocenters. The molecule has 0 aliphatic carbocycles. The normalized spacial score (nSPS) is 7.40. The lowest BCUT2D eigenvalue weighted by Gasteiger charge is -1.99. The van der Waals surface area contributed by atoms with Gasteiger partial charge in [0, 0.05) is 11.1 Å². The van der Waals surface area contributed by atoms with E-state index >= 15 is 0 Å². The Hall–Kier alpha value is -2.10. The molecule has 0 heteroatoms. The van der Waals surface area contributed by atoms with E-state index in [4.69, 9.17) is 0 Å². The molecule has 0 aromatic heterocycles. The molecule has 0 unspecified atom stereocenters. The zero-order valence-electron chi connectivity index (χ0n) is 9.15. The van der Waals surface area contributed by atoms with E-state index < -0.39 is 0 Å². The van der Waals surface area contributed by atoms with Crippen molar-refractivity contribution in [3.05, 3.63) is 34.9 Å². The van der Waals surface area contributed by atoms with Gasteiger partial charge >= 0.3 is 0 Å². The Morgan fingerprint density at radius 3 is 2.20 bits per heavy atom. The fourth-order valence-electron chi connectivity index (χ4n) is 1.22. The van der Waals surface area contributed by atoms with Crippen LogP contribution >= 0.6 is 0 Å². The van der Waals surface area contributed by atoms with Crippen LogP contribution in [0.25, 0.3) is 0 Å². The fraction of sp³-hybridized carbons (Fsp3) is 0.200. The Kier molecular flexibility index (Phi) is 4.09. The van der Waals surface area contributed by atoms with Crippen molar-refractivity contribution in [2.24, 2.45) is 0 Å². The van der Waals surface area contributed by atoms with Crippen molar-refractivity contribution in [2.45, 2.75) is 20.8 Å². The Bertz CT molecular complexity index is 490. The third-order valence-electron chi connectivity index (χ3n) is 1.76. The van der Waals surface area contributed by atoms with Crippen LogP contribution in [0, 0.1) is 41.6 Å². The van der Waals surface area contributed by atoms with Gasteiger partial charge in [-0.05, 0) is 32.9 Å². The Morgan fingerprint density at radius 2 is 1.60 bits per heavy atom. The first kappa shape index (κ1) is 11.0. The zero-order valence-corrected chi connectivity index (χ0v) is 9.15. The van der Waals surface area contributed by atoms with Gasteiger partial charge in [0.1, 0.15) is 0 Å². The molecule has 1 aromatic rings. The van der Waals surface area contributed by atoms with E-state index in [9.17, 15) is 0 Å². The molecule has 0 heterocycles. The van der Waals surface area contributed by atoms with Gasteiger partial charge in [-0.1, -0.05) is 23.8 Å². The van der Waals surface area contributed by atoms with Gasteiger partial charge in [0.2, 0.25) is 0 Å². The Balaban J connectivity index is 3.47. The molecule has 1 radical (unpaired) electrons. The summed E-state index contributed by atoms with van der Waals surface area (Å²) in [5.74, 6) is 17.6. The van der Waals surface area contributed by atoms with E-state index in [1.807, 2.05) is 19.1 Å². The second-order valence-electron chi connectivity index (χ2n) is 2.77. The van der Waals surface area contributed by atoms with Crippen LogP contribution in [0.1, 0.15) is 37.5 Å². The average Bonchev–Trinajstić information content (AvgIpc) is 2.23. The summed E-state index contributed by atoms with van der Waals surface area (Å²) in [6.45, 7) is 5.42. The lowest BCUT2D eigenvalue weighted by atomic mass is 10.0. The summed E-state index contributed by atoms with van der Waals surface area (Å²) in [6.07, 6.45) is 0. The Labute approximate surface area is 91.7 Å². The molecular formula is C15H11. The topological polar surface area (TPSA) is 0 Å². The van der Waals surface area contributed by atoms with E-state index in [-0.39, 0.29) is 0 Å². The molecule has 0 aliphatic heterocycles. The Morgan fingerprint density at radius 1 is 0.933 bits per heavy atom. The van der Waals surface area contributed by atoms with Crippen molar-refractivity contribution in [1.29, 1.82) is 0 Å². The number of hydrogen-bond donors (Lipinski definition) is 0. The highest BCUT2D eigenvalue weighted by molar-refractivity contribution is 5.58. The molecule has 15 heavy (non-hydrogen) atoms. The first-order valence-electron chi connectivity index (χ1n) is 4.66. The van der Waals surface area contributed by atoms with Crippen LogP contribution in [0.15, 0.2) is 12.1 Å². The van der Waals surface area contributed by atoms with E-state index in [1.165, 1.54) is 0 Å². The summed E-state index contributed by atoms with van der Waals surface area (Å²) in [5.41, 5.74) is 2.62. The molecule has 1 aromatic carbocycles. The van der Waals surface area contributed by atoms with Crippen molar-refractivity contribution >= 4 is 0 Å². The molecule has 1 rings (SSSR count). The van der Waals surface area contributed by atoms with Crippen molar-refractivity contribution < 1.29 is 0 Å². The molecule has 0 nitrogen and oxygen atoms in total. The molecule has 0 amide bonds. The number of benzene rings is 1. The fourth-order valence-corrected chi connectivity index (χ4v) is 1.22. The predicted molar refractivity (Wildman–Crippen MR) is 62.9 cm³/mol. The van der Waals surface area contributed by atoms with E-state index in [1.54, 1.807) is 13.8 Å². The quantitative estimate of drug-likeness (QED) is 0.553. The van der Waals surface area contributed by atoms with Crippen LogP contribution in [0.3, 0.4) is 0 Å². The maximum atomic E-state index is 3.08. The minimum absolute atomic E-state index is 0.826. The second-order valence-corrected chi connectivity index (χ2v) is 2.77. The van der Waals surface area contributed by atoms with Gasteiger partial charge < -0.3 is 0 Å². The monoisotopic (exact) mass is 191 g/mol. The summed E-state index contributed by atoms with van der Waals surface area (Å²) in [5, 5.41) is 0. The molecule has 71 valence electrons.